The molecule has 1 atom stereocenters. The van der Waals surface area contributed by atoms with Gasteiger partial charge in [-0.2, -0.15) is 0 Å². The van der Waals surface area contributed by atoms with Crippen molar-refractivity contribution in [3.63, 3.8) is 0 Å². The van der Waals surface area contributed by atoms with Gasteiger partial charge in [-0.15, -0.1) is 0 Å². The Hall–Kier alpha value is -1.78. The molecule has 0 aliphatic carbocycles. The van der Waals surface area contributed by atoms with Gasteiger partial charge in [-0.3, -0.25) is 0 Å². The lowest BCUT2D eigenvalue weighted by molar-refractivity contribution is 0.293. The molecule has 0 radical (unpaired) electrons. The first-order valence-corrected chi connectivity index (χ1v) is 6.89. The van der Waals surface area contributed by atoms with E-state index in [-0.39, 0.29) is 12.6 Å². The predicted octanol–water partition coefficient (Wildman–Crippen LogP) is 4.09. The summed E-state index contributed by atoms with van der Waals surface area (Å²) < 4.78 is 24.6. The SMILES string of the molecule is COc1ccc([C@@H](C)N)c(OCc2ccc(Cl)cc2F)c1. The van der Waals surface area contributed by atoms with Crippen molar-refractivity contribution in [3.05, 3.63) is 58.4 Å². The number of halogens is 2. The first kappa shape index (κ1) is 15.6. The van der Waals surface area contributed by atoms with Crippen molar-refractivity contribution in [3.8, 4) is 11.5 Å². The van der Waals surface area contributed by atoms with Gasteiger partial charge in [0.1, 0.15) is 23.9 Å². The smallest absolute Gasteiger partial charge is 0.131 e. The van der Waals surface area contributed by atoms with Gasteiger partial charge in [-0.1, -0.05) is 23.7 Å². The van der Waals surface area contributed by atoms with E-state index in [1.165, 1.54) is 6.07 Å². The van der Waals surface area contributed by atoms with Crippen LogP contribution in [0, 0.1) is 5.82 Å². The van der Waals surface area contributed by atoms with Gasteiger partial charge in [-0.25, -0.2) is 4.39 Å². The summed E-state index contributed by atoms with van der Waals surface area (Å²) in [5.74, 6) is 0.845. The Morgan fingerprint density at radius 3 is 2.62 bits per heavy atom. The number of hydrogen-bond donors (Lipinski definition) is 1. The van der Waals surface area contributed by atoms with E-state index in [1.54, 1.807) is 25.3 Å². The van der Waals surface area contributed by atoms with Crippen molar-refractivity contribution in [2.24, 2.45) is 5.73 Å². The van der Waals surface area contributed by atoms with Crippen LogP contribution in [0.3, 0.4) is 0 Å². The molecule has 0 spiro atoms. The van der Waals surface area contributed by atoms with Gasteiger partial charge in [0.2, 0.25) is 0 Å². The molecule has 2 rings (SSSR count). The normalized spacial score (nSPS) is 12.0. The third-order valence-electron chi connectivity index (χ3n) is 3.11. The maximum absolute atomic E-state index is 13.7. The zero-order valence-corrected chi connectivity index (χ0v) is 12.7. The summed E-state index contributed by atoms with van der Waals surface area (Å²) in [5, 5.41) is 0.355. The Bertz CT molecular complexity index is 632. The van der Waals surface area contributed by atoms with Gasteiger partial charge in [0.05, 0.1) is 7.11 Å². The van der Waals surface area contributed by atoms with E-state index in [0.29, 0.717) is 22.1 Å². The average molecular weight is 310 g/mol. The number of rotatable bonds is 5. The molecule has 0 aliphatic heterocycles. The quantitative estimate of drug-likeness (QED) is 0.905. The minimum Gasteiger partial charge on any atom is -0.497 e. The molecule has 0 amide bonds. The minimum absolute atomic E-state index is 0.0931. The minimum atomic E-state index is -0.396. The highest BCUT2D eigenvalue weighted by Gasteiger charge is 2.11. The standard InChI is InChI=1S/C16H17ClFNO2/c1-10(19)14-6-5-13(20-2)8-16(14)21-9-11-3-4-12(17)7-15(11)18/h3-8,10H,9,19H2,1-2H3/t10-/m1/s1. The molecule has 2 aromatic rings. The van der Waals surface area contributed by atoms with Crippen molar-refractivity contribution in [2.45, 2.75) is 19.6 Å². The summed E-state index contributed by atoms with van der Waals surface area (Å²) in [5.41, 5.74) is 7.18. The van der Waals surface area contributed by atoms with Crippen LogP contribution in [0.4, 0.5) is 4.39 Å². The topological polar surface area (TPSA) is 44.5 Å². The van der Waals surface area contributed by atoms with Crippen LogP contribution >= 0.6 is 11.6 Å². The molecule has 0 heterocycles. The Morgan fingerprint density at radius 2 is 2.00 bits per heavy atom. The van der Waals surface area contributed by atoms with Crippen LogP contribution in [0.25, 0.3) is 0 Å². The summed E-state index contributed by atoms with van der Waals surface area (Å²) in [6.07, 6.45) is 0. The van der Waals surface area contributed by atoms with E-state index < -0.39 is 5.82 Å². The third-order valence-corrected chi connectivity index (χ3v) is 3.34. The average Bonchev–Trinajstić information content (AvgIpc) is 2.45. The zero-order valence-electron chi connectivity index (χ0n) is 11.9. The number of methoxy groups -OCH3 is 1. The lowest BCUT2D eigenvalue weighted by atomic mass is 10.1. The van der Waals surface area contributed by atoms with Crippen LogP contribution in [0.5, 0.6) is 11.5 Å². The van der Waals surface area contributed by atoms with E-state index in [9.17, 15) is 4.39 Å². The molecule has 0 aliphatic rings. The Morgan fingerprint density at radius 1 is 1.24 bits per heavy atom. The molecular formula is C16H17ClFNO2. The first-order chi connectivity index (χ1) is 10.0. The molecule has 3 nitrogen and oxygen atoms in total. The highest BCUT2D eigenvalue weighted by molar-refractivity contribution is 6.30. The largest absolute Gasteiger partial charge is 0.497 e. The number of nitrogens with two attached hydrogens (primary N) is 1. The van der Waals surface area contributed by atoms with E-state index in [0.717, 1.165) is 5.56 Å². The molecular weight excluding hydrogens is 293 g/mol. The van der Waals surface area contributed by atoms with Gasteiger partial charge in [-0.05, 0) is 25.1 Å². The highest BCUT2D eigenvalue weighted by Crippen LogP contribution is 2.29. The van der Waals surface area contributed by atoms with E-state index in [2.05, 4.69) is 0 Å². The van der Waals surface area contributed by atoms with Crippen LogP contribution in [0.1, 0.15) is 24.1 Å². The van der Waals surface area contributed by atoms with Crippen LogP contribution in [-0.2, 0) is 6.61 Å². The fourth-order valence-electron chi connectivity index (χ4n) is 1.94. The number of hydrogen-bond acceptors (Lipinski definition) is 3. The van der Waals surface area contributed by atoms with Gasteiger partial charge in [0, 0.05) is 28.3 Å². The van der Waals surface area contributed by atoms with E-state index >= 15 is 0 Å². The predicted molar refractivity (Wildman–Crippen MR) is 81.3 cm³/mol. The molecule has 0 unspecified atom stereocenters. The van der Waals surface area contributed by atoms with Crippen LogP contribution in [0.2, 0.25) is 5.02 Å². The van der Waals surface area contributed by atoms with Crippen molar-refractivity contribution < 1.29 is 13.9 Å². The zero-order chi connectivity index (χ0) is 15.4. The summed E-state index contributed by atoms with van der Waals surface area (Å²) in [6, 6.07) is 9.70. The summed E-state index contributed by atoms with van der Waals surface area (Å²) in [7, 11) is 1.57. The fraction of sp³-hybridized carbons (Fsp3) is 0.250. The van der Waals surface area contributed by atoms with E-state index in [1.807, 2.05) is 19.1 Å². The molecule has 112 valence electrons. The molecule has 0 bridgehead atoms. The van der Waals surface area contributed by atoms with Crippen LogP contribution < -0.4 is 15.2 Å². The fourth-order valence-corrected chi connectivity index (χ4v) is 2.10. The monoisotopic (exact) mass is 309 g/mol. The Kier molecular flexibility index (Phi) is 5.04. The summed E-state index contributed by atoms with van der Waals surface area (Å²) in [6.45, 7) is 1.95. The maximum Gasteiger partial charge on any atom is 0.131 e. The molecule has 0 aromatic heterocycles. The lowest BCUT2D eigenvalue weighted by Crippen LogP contribution is -2.08. The second kappa shape index (κ2) is 6.78. The van der Waals surface area contributed by atoms with E-state index in [4.69, 9.17) is 26.8 Å². The van der Waals surface area contributed by atoms with Crippen molar-refractivity contribution >= 4 is 11.6 Å². The number of benzene rings is 2. The van der Waals surface area contributed by atoms with Crippen LogP contribution in [0.15, 0.2) is 36.4 Å². The highest BCUT2D eigenvalue weighted by atomic mass is 35.5. The lowest BCUT2D eigenvalue weighted by Gasteiger charge is -2.15. The molecule has 2 N–H and O–H groups in total. The molecule has 0 saturated carbocycles. The van der Waals surface area contributed by atoms with Crippen molar-refractivity contribution in [1.82, 2.24) is 0 Å². The van der Waals surface area contributed by atoms with Crippen molar-refractivity contribution in [1.29, 1.82) is 0 Å². The molecule has 5 heteroatoms. The summed E-state index contributed by atoms with van der Waals surface area (Å²) >= 11 is 5.73. The second-order valence-electron chi connectivity index (χ2n) is 4.72. The van der Waals surface area contributed by atoms with Gasteiger partial charge < -0.3 is 15.2 Å². The number of ether oxygens (including phenoxy) is 2. The van der Waals surface area contributed by atoms with Gasteiger partial charge in [0.25, 0.3) is 0 Å². The van der Waals surface area contributed by atoms with Crippen molar-refractivity contribution in [2.75, 3.05) is 7.11 Å². The van der Waals surface area contributed by atoms with Gasteiger partial charge in [0.15, 0.2) is 0 Å². The maximum atomic E-state index is 13.7. The molecule has 2 aromatic carbocycles. The molecule has 21 heavy (non-hydrogen) atoms. The molecule has 0 fully saturated rings. The van der Waals surface area contributed by atoms with Gasteiger partial charge >= 0.3 is 0 Å². The van der Waals surface area contributed by atoms with Crippen LogP contribution in [-0.4, -0.2) is 7.11 Å². The Labute approximate surface area is 128 Å². The second-order valence-corrected chi connectivity index (χ2v) is 5.15. The third kappa shape index (κ3) is 3.86. The summed E-state index contributed by atoms with van der Waals surface area (Å²) in [4.78, 5) is 0. The Balaban J connectivity index is 2.22. The molecule has 0 saturated heterocycles. The first-order valence-electron chi connectivity index (χ1n) is 6.51.